The highest BCUT2D eigenvalue weighted by Crippen LogP contribution is 2.28. The van der Waals surface area contributed by atoms with E-state index in [1.54, 1.807) is 26.8 Å². The lowest BCUT2D eigenvalue weighted by molar-refractivity contribution is -0.137. The molecule has 1 aromatic heterocycles. The van der Waals surface area contributed by atoms with E-state index in [9.17, 15) is 14.0 Å². The number of carbonyl (C=O) groups excluding carboxylic acids is 1. The number of halogens is 1. The molecule has 8 heteroatoms. The molecule has 0 unspecified atom stereocenters. The number of anilines is 1. The van der Waals surface area contributed by atoms with Gasteiger partial charge in [-0.25, -0.2) is 14.2 Å². The zero-order chi connectivity index (χ0) is 17.2. The number of nitrogens with zero attached hydrogens (tertiary/aromatic N) is 1. The molecular weight excluding hydrogens is 321 g/mol. The van der Waals surface area contributed by atoms with Gasteiger partial charge in [0.1, 0.15) is 5.82 Å². The van der Waals surface area contributed by atoms with Gasteiger partial charge in [-0.2, -0.15) is 0 Å². The molecule has 3 N–H and O–H groups in total. The van der Waals surface area contributed by atoms with Crippen molar-refractivity contribution in [2.75, 3.05) is 5.32 Å². The summed E-state index contributed by atoms with van der Waals surface area (Å²) >= 11 is 1.25. The minimum Gasteiger partial charge on any atom is -0.481 e. The van der Waals surface area contributed by atoms with E-state index in [0.29, 0.717) is 22.6 Å². The number of fused-ring (bicyclic) bond motifs is 1. The van der Waals surface area contributed by atoms with Crippen LogP contribution in [0.5, 0.6) is 0 Å². The number of nitrogens with one attached hydrogen (secondary N) is 2. The zero-order valence-electron chi connectivity index (χ0n) is 13.1. The first-order valence-corrected chi connectivity index (χ1v) is 7.85. The maximum Gasteiger partial charge on any atom is 0.321 e. The Morgan fingerprint density at radius 2 is 2.09 bits per heavy atom. The van der Waals surface area contributed by atoms with Crippen molar-refractivity contribution in [2.45, 2.75) is 39.2 Å². The van der Waals surface area contributed by atoms with Crippen LogP contribution in [0.15, 0.2) is 12.1 Å². The van der Waals surface area contributed by atoms with Crippen LogP contribution in [0.1, 0.15) is 32.3 Å². The number of amides is 2. The van der Waals surface area contributed by atoms with Crippen LogP contribution in [0.25, 0.3) is 10.2 Å². The molecule has 1 heterocycles. The van der Waals surface area contributed by atoms with Gasteiger partial charge in [-0.3, -0.25) is 10.1 Å². The largest absolute Gasteiger partial charge is 0.481 e. The Bertz CT molecular complexity index is 719. The number of benzene rings is 1. The summed E-state index contributed by atoms with van der Waals surface area (Å²) in [5, 5.41) is 14.4. The SMILES string of the molecule is Cc1cc2sc(NC(=O)NC(C)(C)CCC(=O)O)nc2cc1F. The fraction of sp³-hybridized carbons (Fsp3) is 0.400. The van der Waals surface area contributed by atoms with Crippen molar-refractivity contribution in [2.24, 2.45) is 0 Å². The highest BCUT2D eigenvalue weighted by atomic mass is 32.1. The van der Waals surface area contributed by atoms with Crippen molar-refractivity contribution < 1.29 is 19.1 Å². The number of hydrogen-bond donors (Lipinski definition) is 3. The molecule has 0 bridgehead atoms. The van der Waals surface area contributed by atoms with Crippen molar-refractivity contribution in [3.63, 3.8) is 0 Å². The molecule has 1 aromatic carbocycles. The molecule has 2 amide bonds. The highest BCUT2D eigenvalue weighted by molar-refractivity contribution is 7.22. The van der Waals surface area contributed by atoms with Gasteiger partial charge in [0.05, 0.1) is 10.2 Å². The van der Waals surface area contributed by atoms with Gasteiger partial charge in [-0.15, -0.1) is 0 Å². The number of hydrogen-bond acceptors (Lipinski definition) is 4. The van der Waals surface area contributed by atoms with E-state index in [0.717, 1.165) is 4.70 Å². The predicted molar refractivity (Wildman–Crippen MR) is 87.4 cm³/mol. The first kappa shape index (κ1) is 17.1. The summed E-state index contributed by atoms with van der Waals surface area (Å²) in [4.78, 5) is 26.8. The average Bonchev–Trinajstić information content (AvgIpc) is 2.77. The Kier molecular flexibility index (Phi) is 4.84. The first-order chi connectivity index (χ1) is 10.7. The second-order valence-corrected chi connectivity index (χ2v) is 6.98. The lowest BCUT2D eigenvalue weighted by Gasteiger charge is -2.25. The van der Waals surface area contributed by atoms with Crippen LogP contribution in [-0.2, 0) is 4.79 Å². The number of aryl methyl sites for hydroxylation is 1. The molecular formula is C15H18FN3O3S. The van der Waals surface area contributed by atoms with Gasteiger partial charge in [0, 0.05) is 18.0 Å². The third-order valence-corrected chi connectivity index (χ3v) is 4.24. The van der Waals surface area contributed by atoms with Gasteiger partial charge < -0.3 is 10.4 Å². The third kappa shape index (κ3) is 4.62. The van der Waals surface area contributed by atoms with Crippen molar-refractivity contribution in [1.82, 2.24) is 10.3 Å². The van der Waals surface area contributed by atoms with E-state index in [-0.39, 0.29) is 12.2 Å². The molecule has 0 radical (unpaired) electrons. The van der Waals surface area contributed by atoms with Crippen molar-refractivity contribution in [3.05, 3.63) is 23.5 Å². The number of rotatable bonds is 5. The summed E-state index contributed by atoms with van der Waals surface area (Å²) in [5.74, 6) is -1.25. The lowest BCUT2D eigenvalue weighted by atomic mass is 9.99. The second-order valence-electron chi connectivity index (χ2n) is 5.94. The van der Waals surface area contributed by atoms with E-state index < -0.39 is 17.5 Å². The lowest BCUT2D eigenvalue weighted by Crippen LogP contribution is -2.45. The van der Waals surface area contributed by atoms with Gasteiger partial charge in [-0.05, 0) is 38.8 Å². The number of carboxylic acid groups (broad SMARTS) is 1. The predicted octanol–water partition coefficient (Wildman–Crippen LogP) is 3.51. The molecule has 0 saturated carbocycles. The summed E-state index contributed by atoms with van der Waals surface area (Å²) in [7, 11) is 0. The monoisotopic (exact) mass is 339 g/mol. The van der Waals surface area contributed by atoms with Gasteiger partial charge in [0.15, 0.2) is 5.13 Å². The zero-order valence-corrected chi connectivity index (χ0v) is 13.9. The Labute approximate surface area is 136 Å². The summed E-state index contributed by atoms with van der Waals surface area (Å²) < 4.78 is 14.3. The summed E-state index contributed by atoms with van der Waals surface area (Å²) in [6, 6.07) is 2.54. The van der Waals surface area contributed by atoms with Crippen LogP contribution in [0.4, 0.5) is 14.3 Å². The van der Waals surface area contributed by atoms with E-state index in [1.807, 2.05) is 0 Å². The quantitative estimate of drug-likeness (QED) is 0.777. The highest BCUT2D eigenvalue weighted by Gasteiger charge is 2.22. The van der Waals surface area contributed by atoms with Gasteiger partial charge >= 0.3 is 12.0 Å². The normalized spacial score (nSPS) is 11.5. The van der Waals surface area contributed by atoms with Crippen LogP contribution in [0, 0.1) is 12.7 Å². The molecule has 124 valence electrons. The maximum absolute atomic E-state index is 13.5. The Hall–Kier alpha value is -2.22. The van der Waals surface area contributed by atoms with E-state index in [1.165, 1.54) is 17.4 Å². The maximum atomic E-state index is 13.5. The molecule has 0 aliphatic rings. The van der Waals surface area contributed by atoms with Crippen molar-refractivity contribution in [1.29, 1.82) is 0 Å². The Morgan fingerprint density at radius 3 is 2.74 bits per heavy atom. The van der Waals surface area contributed by atoms with Gasteiger partial charge in [0.25, 0.3) is 0 Å². The molecule has 2 aromatic rings. The molecule has 2 rings (SSSR count). The summed E-state index contributed by atoms with van der Waals surface area (Å²) in [6.45, 7) is 5.15. The molecule has 0 aliphatic heterocycles. The molecule has 0 saturated heterocycles. The number of thiazole rings is 1. The van der Waals surface area contributed by atoms with Crippen molar-refractivity contribution >= 4 is 38.7 Å². The van der Waals surface area contributed by atoms with Gasteiger partial charge in [0.2, 0.25) is 0 Å². The minimum atomic E-state index is -0.913. The fourth-order valence-corrected chi connectivity index (χ4v) is 2.96. The van der Waals surface area contributed by atoms with Crippen molar-refractivity contribution in [3.8, 4) is 0 Å². The first-order valence-electron chi connectivity index (χ1n) is 7.04. The number of carbonyl (C=O) groups is 2. The Balaban J connectivity index is 2.04. The molecule has 23 heavy (non-hydrogen) atoms. The second kappa shape index (κ2) is 6.49. The number of carboxylic acids is 1. The van der Waals surface area contributed by atoms with Crippen LogP contribution in [-0.4, -0.2) is 27.6 Å². The minimum absolute atomic E-state index is 0.0348. The van der Waals surface area contributed by atoms with Crippen LogP contribution >= 0.6 is 11.3 Å². The molecule has 0 aliphatic carbocycles. The molecule has 0 spiro atoms. The number of aliphatic carboxylic acids is 1. The summed E-state index contributed by atoms with van der Waals surface area (Å²) in [6.07, 6.45) is 0.271. The molecule has 0 fully saturated rings. The summed E-state index contributed by atoms with van der Waals surface area (Å²) in [5.41, 5.74) is 0.340. The van der Waals surface area contributed by atoms with Crippen LogP contribution in [0.2, 0.25) is 0 Å². The number of aromatic nitrogens is 1. The topological polar surface area (TPSA) is 91.3 Å². The van der Waals surface area contributed by atoms with Crippen LogP contribution in [0.3, 0.4) is 0 Å². The molecule has 6 nitrogen and oxygen atoms in total. The smallest absolute Gasteiger partial charge is 0.321 e. The average molecular weight is 339 g/mol. The van der Waals surface area contributed by atoms with Gasteiger partial charge in [-0.1, -0.05) is 11.3 Å². The van der Waals surface area contributed by atoms with E-state index in [4.69, 9.17) is 5.11 Å². The number of urea groups is 1. The Morgan fingerprint density at radius 1 is 1.39 bits per heavy atom. The molecule has 0 atom stereocenters. The van der Waals surface area contributed by atoms with Crippen LogP contribution < -0.4 is 10.6 Å². The fourth-order valence-electron chi connectivity index (χ4n) is 2.02. The van der Waals surface area contributed by atoms with E-state index in [2.05, 4.69) is 15.6 Å². The third-order valence-electron chi connectivity index (χ3n) is 3.31. The van der Waals surface area contributed by atoms with E-state index >= 15 is 0 Å². The standard InChI is InChI=1S/C15H18FN3O3S/c1-8-6-11-10(7-9(8)16)17-14(23-11)18-13(22)19-15(2,3)5-4-12(20)21/h6-7H,4-5H2,1-3H3,(H,20,21)(H2,17,18,19,22).